The number of rotatable bonds is 2. The van der Waals surface area contributed by atoms with Crippen LogP contribution in [0.4, 0.5) is 0 Å². The number of nitrogens with two attached hydrogens (primary N) is 1. The molecular weight excluding hydrogens is 313 g/mol. The summed E-state index contributed by atoms with van der Waals surface area (Å²) in [6.07, 6.45) is 0. The lowest BCUT2D eigenvalue weighted by Gasteiger charge is -2.12. The van der Waals surface area contributed by atoms with Crippen LogP contribution in [-0.2, 0) is 0 Å². The van der Waals surface area contributed by atoms with Gasteiger partial charge in [0.1, 0.15) is 11.5 Å². The fourth-order valence-corrected chi connectivity index (χ4v) is 2.58. The smallest absolute Gasteiger partial charge is 0.106 e. The Morgan fingerprint density at radius 2 is 1.88 bits per heavy atom. The molecule has 84 valence electrons. The third kappa shape index (κ3) is 2.15. The molecule has 1 unspecified atom stereocenters. The van der Waals surface area contributed by atoms with E-state index in [4.69, 9.17) is 10.2 Å². The van der Waals surface area contributed by atoms with Crippen molar-refractivity contribution in [2.24, 2.45) is 5.73 Å². The van der Waals surface area contributed by atoms with Gasteiger partial charge in [-0.1, -0.05) is 18.2 Å². The van der Waals surface area contributed by atoms with E-state index in [-0.39, 0.29) is 6.04 Å². The Morgan fingerprint density at radius 3 is 2.44 bits per heavy atom. The highest BCUT2D eigenvalue weighted by Gasteiger charge is 2.16. The summed E-state index contributed by atoms with van der Waals surface area (Å²) >= 11 is 2.31. The Morgan fingerprint density at radius 1 is 1.19 bits per heavy atom. The molecule has 1 heterocycles. The summed E-state index contributed by atoms with van der Waals surface area (Å²) in [5, 5.41) is 0. The van der Waals surface area contributed by atoms with Crippen molar-refractivity contribution in [1.29, 1.82) is 0 Å². The number of halogens is 1. The molecule has 2 nitrogen and oxygen atoms in total. The maximum atomic E-state index is 6.27. The Kier molecular flexibility index (Phi) is 3.35. The van der Waals surface area contributed by atoms with Gasteiger partial charge >= 0.3 is 0 Å². The van der Waals surface area contributed by atoms with Gasteiger partial charge < -0.3 is 10.2 Å². The summed E-state index contributed by atoms with van der Waals surface area (Å²) in [5.41, 5.74) is 8.48. The minimum Gasteiger partial charge on any atom is -0.466 e. The molecular formula is C13H14INO. The molecule has 0 saturated carbocycles. The van der Waals surface area contributed by atoms with E-state index in [0.29, 0.717) is 0 Å². The second-order valence-electron chi connectivity index (χ2n) is 3.87. The van der Waals surface area contributed by atoms with Crippen LogP contribution in [0.25, 0.3) is 0 Å². The third-order valence-electron chi connectivity index (χ3n) is 2.65. The molecule has 1 aromatic carbocycles. The second-order valence-corrected chi connectivity index (χ2v) is 5.03. The Hall–Kier alpha value is -0.810. The molecule has 0 aliphatic rings. The van der Waals surface area contributed by atoms with Gasteiger partial charge in [0.25, 0.3) is 0 Å². The van der Waals surface area contributed by atoms with E-state index in [1.54, 1.807) is 0 Å². The van der Waals surface area contributed by atoms with Gasteiger partial charge in [-0.15, -0.1) is 0 Å². The van der Waals surface area contributed by atoms with Gasteiger partial charge in [-0.05, 0) is 54.1 Å². The van der Waals surface area contributed by atoms with E-state index in [2.05, 4.69) is 34.7 Å². The largest absolute Gasteiger partial charge is 0.466 e. The van der Waals surface area contributed by atoms with Gasteiger partial charge in [-0.3, -0.25) is 0 Å². The Balaban J connectivity index is 2.43. The zero-order chi connectivity index (χ0) is 11.7. The molecule has 1 aromatic heterocycles. The summed E-state index contributed by atoms with van der Waals surface area (Å²) in [6.45, 7) is 3.90. The fourth-order valence-electron chi connectivity index (χ4n) is 1.85. The van der Waals surface area contributed by atoms with Crippen LogP contribution in [0.15, 0.2) is 34.7 Å². The van der Waals surface area contributed by atoms with Gasteiger partial charge in [0.15, 0.2) is 0 Å². The van der Waals surface area contributed by atoms with E-state index >= 15 is 0 Å². The first-order chi connectivity index (χ1) is 7.59. The van der Waals surface area contributed by atoms with Crippen LogP contribution in [0.5, 0.6) is 0 Å². The number of benzene rings is 1. The predicted molar refractivity (Wildman–Crippen MR) is 73.4 cm³/mol. The molecule has 0 saturated heterocycles. The highest BCUT2D eigenvalue weighted by Crippen LogP contribution is 2.28. The molecule has 2 N–H and O–H groups in total. The van der Waals surface area contributed by atoms with Crippen molar-refractivity contribution >= 4 is 22.6 Å². The van der Waals surface area contributed by atoms with Gasteiger partial charge in [-0.25, -0.2) is 0 Å². The van der Waals surface area contributed by atoms with Crippen molar-refractivity contribution in [3.8, 4) is 0 Å². The van der Waals surface area contributed by atoms with Crippen LogP contribution >= 0.6 is 22.6 Å². The van der Waals surface area contributed by atoms with Crippen LogP contribution in [0.3, 0.4) is 0 Å². The van der Waals surface area contributed by atoms with Gasteiger partial charge in [0.2, 0.25) is 0 Å². The van der Waals surface area contributed by atoms with Gasteiger partial charge in [0.05, 0.1) is 6.04 Å². The molecule has 0 aliphatic heterocycles. The monoisotopic (exact) mass is 327 g/mol. The SMILES string of the molecule is Cc1cc(C(N)c2ccccc2I)c(C)o1. The molecule has 0 aliphatic carbocycles. The quantitative estimate of drug-likeness (QED) is 0.857. The minimum absolute atomic E-state index is 0.106. The fraction of sp³-hybridized carbons (Fsp3) is 0.231. The second kappa shape index (κ2) is 4.59. The van der Waals surface area contributed by atoms with Crippen molar-refractivity contribution in [2.45, 2.75) is 19.9 Å². The first kappa shape index (κ1) is 11.7. The molecule has 0 bridgehead atoms. The van der Waals surface area contributed by atoms with Crippen LogP contribution in [0, 0.1) is 17.4 Å². The average molecular weight is 327 g/mol. The molecule has 0 spiro atoms. The lowest BCUT2D eigenvalue weighted by Crippen LogP contribution is -2.13. The average Bonchev–Trinajstić information content (AvgIpc) is 2.58. The summed E-state index contributed by atoms with van der Waals surface area (Å²) in [7, 11) is 0. The van der Waals surface area contributed by atoms with E-state index < -0.39 is 0 Å². The lowest BCUT2D eigenvalue weighted by molar-refractivity contribution is 0.499. The lowest BCUT2D eigenvalue weighted by atomic mass is 10.0. The molecule has 16 heavy (non-hydrogen) atoms. The maximum absolute atomic E-state index is 6.27. The standard InChI is InChI=1S/C13H14INO/c1-8-7-11(9(2)16-8)13(15)10-5-3-4-6-12(10)14/h3-7,13H,15H2,1-2H3. The summed E-state index contributed by atoms with van der Waals surface area (Å²) in [6, 6.07) is 10.1. The molecule has 2 aromatic rings. The maximum Gasteiger partial charge on any atom is 0.106 e. The normalized spacial score (nSPS) is 12.8. The van der Waals surface area contributed by atoms with Crippen molar-refractivity contribution in [3.05, 3.63) is 56.5 Å². The molecule has 0 fully saturated rings. The summed E-state index contributed by atoms with van der Waals surface area (Å²) in [5.74, 6) is 1.82. The number of furan rings is 1. The Labute approximate surface area is 109 Å². The van der Waals surface area contributed by atoms with Gasteiger partial charge in [-0.2, -0.15) is 0 Å². The highest BCUT2D eigenvalue weighted by molar-refractivity contribution is 14.1. The van der Waals surface area contributed by atoms with Crippen molar-refractivity contribution in [2.75, 3.05) is 0 Å². The highest BCUT2D eigenvalue weighted by atomic mass is 127. The molecule has 0 radical (unpaired) electrons. The summed E-state index contributed by atoms with van der Waals surface area (Å²) in [4.78, 5) is 0. The van der Waals surface area contributed by atoms with E-state index in [9.17, 15) is 0 Å². The van der Waals surface area contributed by atoms with Crippen LogP contribution < -0.4 is 5.73 Å². The first-order valence-corrected chi connectivity index (χ1v) is 6.24. The zero-order valence-electron chi connectivity index (χ0n) is 9.33. The Bertz CT molecular complexity index is 504. The summed E-state index contributed by atoms with van der Waals surface area (Å²) < 4.78 is 6.70. The molecule has 2 rings (SSSR count). The predicted octanol–water partition coefficient (Wildman–Crippen LogP) is 3.55. The van der Waals surface area contributed by atoms with Crippen molar-refractivity contribution < 1.29 is 4.42 Å². The number of hydrogen-bond acceptors (Lipinski definition) is 2. The number of aryl methyl sites for hydroxylation is 2. The topological polar surface area (TPSA) is 39.2 Å². The van der Waals surface area contributed by atoms with E-state index in [0.717, 1.165) is 22.6 Å². The molecule has 3 heteroatoms. The minimum atomic E-state index is -0.106. The van der Waals surface area contributed by atoms with Crippen LogP contribution in [0.1, 0.15) is 28.7 Å². The van der Waals surface area contributed by atoms with E-state index in [1.807, 2.05) is 32.0 Å². The first-order valence-electron chi connectivity index (χ1n) is 5.16. The molecule has 0 amide bonds. The van der Waals surface area contributed by atoms with Crippen LogP contribution in [-0.4, -0.2) is 0 Å². The van der Waals surface area contributed by atoms with Crippen LogP contribution in [0.2, 0.25) is 0 Å². The van der Waals surface area contributed by atoms with Crippen molar-refractivity contribution in [3.63, 3.8) is 0 Å². The van der Waals surface area contributed by atoms with E-state index in [1.165, 1.54) is 3.57 Å². The van der Waals surface area contributed by atoms with Crippen molar-refractivity contribution in [1.82, 2.24) is 0 Å². The number of hydrogen-bond donors (Lipinski definition) is 1. The third-order valence-corrected chi connectivity index (χ3v) is 3.64. The van der Waals surface area contributed by atoms with Gasteiger partial charge in [0, 0.05) is 9.13 Å². The zero-order valence-corrected chi connectivity index (χ0v) is 11.5. The molecule has 1 atom stereocenters.